The van der Waals surface area contributed by atoms with E-state index in [1.165, 1.54) is 23.4 Å². The highest BCUT2D eigenvalue weighted by atomic mass is 32.2. The van der Waals surface area contributed by atoms with E-state index in [4.69, 9.17) is 0 Å². The molecular weight excluding hydrogens is 404 g/mol. The van der Waals surface area contributed by atoms with Crippen molar-refractivity contribution in [2.24, 2.45) is 0 Å². The lowest BCUT2D eigenvalue weighted by molar-refractivity contribution is -0.113. The third kappa shape index (κ3) is 4.68. The number of para-hydroxylation sites is 2. The molecule has 0 aliphatic heterocycles. The van der Waals surface area contributed by atoms with Crippen molar-refractivity contribution in [3.8, 4) is 0 Å². The highest BCUT2D eigenvalue weighted by Gasteiger charge is 2.14. The molecule has 0 radical (unpaired) electrons. The summed E-state index contributed by atoms with van der Waals surface area (Å²) in [7, 11) is 0. The van der Waals surface area contributed by atoms with Crippen molar-refractivity contribution in [2.75, 3.05) is 11.1 Å². The average molecular weight is 423 g/mol. The molecule has 0 saturated heterocycles. The number of imidazole rings is 1. The number of anilines is 1. The number of halogens is 2. The Kier molecular flexibility index (Phi) is 6.09. The van der Waals surface area contributed by atoms with Crippen LogP contribution in [0.15, 0.2) is 78.0 Å². The molecular formula is C23H19F2N3OS. The van der Waals surface area contributed by atoms with Crippen LogP contribution in [-0.4, -0.2) is 21.2 Å². The first kappa shape index (κ1) is 20.1. The largest absolute Gasteiger partial charge is 0.323 e. The number of aromatic nitrogens is 2. The molecule has 4 rings (SSSR count). The van der Waals surface area contributed by atoms with Crippen LogP contribution in [0.1, 0.15) is 5.56 Å². The maximum atomic E-state index is 13.8. The fraction of sp³-hybridized carbons (Fsp3) is 0.130. The monoisotopic (exact) mass is 423 g/mol. The molecule has 0 fully saturated rings. The summed E-state index contributed by atoms with van der Waals surface area (Å²) in [5.74, 6) is -1.81. The predicted molar refractivity (Wildman–Crippen MR) is 116 cm³/mol. The summed E-state index contributed by atoms with van der Waals surface area (Å²) in [5.41, 5.74) is 3.04. The second-order valence-corrected chi connectivity index (χ2v) is 7.67. The summed E-state index contributed by atoms with van der Waals surface area (Å²) in [4.78, 5) is 17.0. The van der Waals surface area contributed by atoms with Crippen molar-refractivity contribution in [2.45, 2.75) is 18.1 Å². The summed E-state index contributed by atoms with van der Waals surface area (Å²) < 4.78 is 28.9. The Hall–Kier alpha value is -3.19. The maximum absolute atomic E-state index is 13.8. The molecule has 1 heterocycles. The molecule has 7 heteroatoms. The molecule has 30 heavy (non-hydrogen) atoms. The molecule has 0 spiro atoms. The molecule has 152 valence electrons. The second-order valence-electron chi connectivity index (χ2n) is 6.73. The summed E-state index contributed by atoms with van der Waals surface area (Å²) in [6.45, 7) is 0.723. The minimum absolute atomic E-state index is 0.0421. The van der Waals surface area contributed by atoms with Crippen LogP contribution in [0, 0.1) is 11.6 Å². The van der Waals surface area contributed by atoms with Gasteiger partial charge in [0.05, 0.1) is 22.5 Å². The highest BCUT2D eigenvalue weighted by Crippen LogP contribution is 2.25. The Morgan fingerprint density at radius 2 is 1.77 bits per heavy atom. The van der Waals surface area contributed by atoms with Gasteiger partial charge in [-0.2, -0.15) is 0 Å². The first-order chi connectivity index (χ1) is 14.6. The Morgan fingerprint density at radius 3 is 2.57 bits per heavy atom. The van der Waals surface area contributed by atoms with E-state index in [1.807, 2.05) is 42.5 Å². The molecule has 0 aliphatic carbocycles. The lowest BCUT2D eigenvalue weighted by Crippen LogP contribution is -2.15. The van der Waals surface area contributed by atoms with Gasteiger partial charge in [-0.1, -0.05) is 54.2 Å². The fourth-order valence-electron chi connectivity index (χ4n) is 3.17. The molecule has 1 amide bonds. The zero-order valence-electron chi connectivity index (χ0n) is 16.0. The van der Waals surface area contributed by atoms with Crippen LogP contribution >= 0.6 is 11.8 Å². The Bertz CT molecular complexity index is 1180. The topological polar surface area (TPSA) is 46.9 Å². The fourth-order valence-corrected chi connectivity index (χ4v) is 4.01. The quantitative estimate of drug-likeness (QED) is 0.411. The van der Waals surface area contributed by atoms with E-state index in [-0.39, 0.29) is 17.3 Å². The molecule has 0 unspecified atom stereocenters. The average Bonchev–Trinajstić information content (AvgIpc) is 3.11. The number of aryl methyl sites for hydroxylation is 2. The van der Waals surface area contributed by atoms with E-state index < -0.39 is 11.6 Å². The van der Waals surface area contributed by atoms with E-state index in [9.17, 15) is 13.6 Å². The SMILES string of the molecule is O=C(CSc1nc2ccccc2n1CCc1ccccc1)Nc1ccc(F)cc1F. The van der Waals surface area contributed by atoms with Crippen LogP contribution in [0.5, 0.6) is 0 Å². The number of benzene rings is 3. The van der Waals surface area contributed by atoms with Crippen molar-refractivity contribution in [3.63, 3.8) is 0 Å². The number of fused-ring (bicyclic) bond motifs is 1. The smallest absolute Gasteiger partial charge is 0.234 e. The molecule has 4 aromatic rings. The van der Waals surface area contributed by atoms with Gasteiger partial charge in [-0.15, -0.1) is 0 Å². The molecule has 3 aromatic carbocycles. The van der Waals surface area contributed by atoms with E-state index in [0.29, 0.717) is 0 Å². The third-order valence-corrected chi connectivity index (χ3v) is 5.60. The van der Waals surface area contributed by atoms with Gasteiger partial charge in [0.15, 0.2) is 5.16 Å². The van der Waals surface area contributed by atoms with Crippen LogP contribution in [0.4, 0.5) is 14.5 Å². The number of rotatable bonds is 7. The number of nitrogens with zero attached hydrogens (tertiary/aromatic N) is 2. The first-order valence-corrected chi connectivity index (χ1v) is 10.5. The van der Waals surface area contributed by atoms with Gasteiger partial charge in [0, 0.05) is 12.6 Å². The van der Waals surface area contributed by atoms with Crippen LogP contribution < -0.4 is 5.32 Å². The maximum Gasteiger partial charge on any atom is 0.234 e. The van der Waals surface area contributed by atoms with E-state index in [1.54, 1.807) is 0 Å². The normalized spacial score (nSPS) is 11.0. The summed E-state index contributed by atoms with van der Waals surface area (Å²) in [5, 5.41) is 3.20. The minimum atomic E-state index is -0.802. The van der Waals surface area contributed by atoms with Crippen molar-refractivity contribution >= 4 is 34.4 Å². The Labute approximate surface area is 176 Å². The predicted octanol–water partition coefficient (Wildman–Crippen LogP) is 5.29. The lowest BCUT2D eigenvalue weighted by atomic mass is 10.1. The Morgan fingerprint density at radius 1 is 1.00 bits per heavy atom. The summed E-state index contributed by atoms with van der Waals surface area (Å²) in [6, 6.07) is 21.1. The van der Waals surface area contributed by atoms with Gasteiger partial charge < -0.3 is 9.88 Å². The number of amides is 1. The van der Waals surface area contributed by atoms with Crippen molar-refractivity contribution in [1.29, 1.82) is 0 Å². The van der Waals surface area contributed by atoms with Gasteiger partial charge in [0.1, 0.15) is 11.6 Å². The van der Waals surface area contributed by atoms with Crippen molar-refractivity contribution in [3.05, 3.63) is 90.0 Å². The summed E-state index contributed by atoms with van der Waals surface area (Å²) >= 11 is 1.29. The number of hydrogen-bond acceptors (Lipinski definition) is 3. The second kappa shape index (κ2) is 9.09. The zero-order valence-corrected chi connectivity index (χ0v) is 16.8. The van der Waals surface area contributed by atoms with Gasteiger partial charge in [-0.25, -0.2) is 13.8 Å². The van der Waals surface area contributed by atoms with Crippen LogP contribution in [0.3, 0.4) is 0 Å². The molecule has 4 nitrogen and oxygen atoms in total. The number of hydrogen-bond donors (Lipinski definition) is 1. The van der Waals surface area contributed by atoms with Crippen molar-refractivity contribution in [1.82, 2.24) is 9.55 Å². The third-order valence-electron chi connectivity index (χ3n) is 4.62. The molecule has 0 atom stereocenters. The Balaban J connectivity index is 1.48. The van der Waals surface area contributed by atoms with Gasteiger partial charge in [0.25, 0.3) is 0 Å². The van der Waals surface area contributed by atoms with Crippen LogP contribution in [0.2, 0.25) is 0 Å². The van der Waals surface area contributed by atoms with Crippen molar-refractivity contribution < 1.29 is 13.6 Å². The first-order valence-electron chi connectivity index (χ1n) is 9.47. The summed E-state index contributed by atoms with van der Waals surface area (Å²) in [6.07, 6.45) is 0.835. The lowest BCUT2D eigenvalue weighted by Gasteiger charge is -2.10. The highest BCUT2D eigenvalue weighted by molar-refractivity contribution is 7.99. The van der Waals surface area contributed by atoms with Gasteiger partial charge >= 0.3 is 0 Å². The molecule has 0 saturated carbocycles. The van der Waals surface area contributed by atoms with Gasteiger partial charge in [-0.3, -0.25) is 4.79 Å². The van der Waals surface area contributed by atoms with Gasteiger partial charge in [0.2, 0.25) is 5.91 Å². The van der Waals surface area contributed by atoms with Crippen LogP contribution in [-0.2, 0) is 17.8 Å². The van der Waals surface area contributed by atoms with E-state index in [0.717, 1.165) is 41.3 Å². The standard InChI is InChI=1S/C23H19F2N3OS/c24-17-10-11-19(18(25)14-17)26-22(29)15-30-23-27-20-8-4-5-9-21(20)28(23)13-12-16-6-2-1-3-7-16/h1-11,14H,12-13,15H2,(H,26,29). The number of nitrogens with one attached hydrogen (secondary N) is 1. The number of carbonyl (C=O) groups excluding carboxylic acids is 1. The van der Waals surface area contributed by atoms with E-state index in [2.05, 4.69) is 27.0 Å². The molecule has 0 aliphatic rings. The minimum Gasteiger partial charge on any atom is -0.323 e. The molecule has 1 N–H and O–H groups in total. The molecule has 0 bridgehead atoms. The number of thioether (sulfide) groups is 1. The van der Waals surface area contributed by atoms with Crippen LogP contribution in [0.25, 0.3) is 11.0 Å². The number of carbonyl (C=O) groups is 1. The van der Waals surface area contributed by atoms with E-state index >= 15 is 0 Å². The van der Waals surface area contributed by atoms with Gasteiger partial charge in [-0.05, 0) is 36.2 Å². The molecule has 1 aromatic heterocycles. The zero-order chi connectivity index (χ0) is 20.9.